The van der Waals surface area contributed by atoms with Gasteiger partial charge in [0.15, 0.2) is 6.10 Å². The number of unbranched alkanes of at least 4 members (excludes halogenated alkanes) is 24. The molecule has 1 unspecified atom stereocenters. The van der Waals surface area contributed by atoms with Crippen molar-refractivity contribution in [1.29, 1.82) is 0 Å². The largest absolute Gasteiger partial charge is 0.472 e. The fourth-order valence-corrected chi connectivity index (χ4v) is 6.58. The summed E-state index contributed by atoms with van der Waals surface area (Å²) < 4.78 is 34.2. The Balaban J connectivity index is 4.36. The monoisotopic (exact) mass is 739 g/mol. The van der Waals surface area contributed by atoms with Gasteiger partial charge in [-0.3, -0.25) is 18.6 Å². The van der Waals surface area contributed by atoms with Crippen LogP contribution in [0.3, 0.4) is 0 Å². The lowest BCUT2D eigenvalue weighted by molar-refractivity contribution is -0.870. The smallest absolute Gasteiger partial charge is 0.462 e. The van der Waals surface area contributed by atoms with E-state index in [1.165, 1.54) is 128 Å². The van der Waals surface area contributed by atoms with Gasteiger partial charge in [-0.15, -0.1) is 0 Å². The Labute approximate surface area is 308 Å². The van der Waals surface area contributed by atoms with E-state index in [1.807, 2.05) is 21.1 Å². The first kappa shape index (κ1) is 49.0. The van der Waals surface area contributed by atoms with E-state index < -0.39 is 26.5 Å². The number of esters is 2. The summed E-state index contributed by atoms with van der Waals surface area (Å²) in [5.41, 5.74) is 0. The van der Waals surface area contributed by atoms with Crippen molar-refractivity contribution < 1.29 is 42.1 Å². The summed E-state index contributed by atoms with van der Waals surface area (Å²) in [7, 11) is 1.49. The second kappa shape index (κ2) is 33.8. The highest BCUT2D eigenvalue weighted by atomic mass is 31.2. The van der Waals surface area contributed by atoms with E-state index in [2.05, 4.69) is 13.8 Å². The zero-order valence-corrected chi connectivity index (χ0v) is 34.3. The molecular weight excluding hydrogens is 657 g/mol. The van der Waals surface area contributed by atoms with Crippen LogP contribution >= 0.6 is 7.82 Å². The molecule has 10 heteroatoms. The molecule has 0 fully saturated rings. The van der Waals surface area contributed by atoms with Crippen LogP contribution in [0, 0.1) is 0 Å². The zero-order valence-electron chi connectivity index (χ0n) is 33.4. The lowest BCUT2D eigenvalue weighted by atomic mass is 10.0. The van der Waals surface area contributed by atoms with Gasteiger partial charge in [-0.25, -0.2) is 4.57 Å². The maximum absolute atomic E-state index is 12.6. The van der Waals surface area contributed by atoms with E-state index in [0.717, 1.165) is 38.5 Å². The van der Waals surface area contributed by atoms with Crippen LogP contribution < -0.4 is 0 Å². The minimum Gasteiger partial charge on any atom is -0.462 e. The quantitative estimate of drug-likeness (QED) is 0.0289. The van der Waals surface area contributed by atoms with Crippen molar-refractivity contribution in [2.45, 2.75) is 200 Å². The summed E-state index contributed by atoms with van der Waals surface area (Å²) in [5.74, 6) is -0.787. The molecule has 0 spiro atoms. The van der Waals surface area contributed by atoms with Gasteiger partial charge in [0.2, 0.25) is 0 Å². The van der Waals surface area contributed by atoms with E-state index in [1.54, 1.807) is 0 Å². The van der Waals surface area contributed by atoms with Crippen LogP contribution in [0.5, 0.6) is 0 Å². The molecule has 0 aliphatic carbocycles. The molecule has 0 aromatic rings. The molecule has 1 N–H and O–H groups in total. The lowest BCUT2D eigenvalue weighted by Gasteiger charge is -2.24. The molecule has 0 aromatic heterocycles. The van der Waals surface area contributed by atoms with Gasteiger partial charge in [0, 0.05) is 12.8 Å². The maximum atomic E-state index is 12.6. The number of likely N-dealkylation sites (N-methyl/N-ethyl adjacent to an activating group) is 1. The predicted octanol–water partition coefficient (Wildman–Crippen LogP) is 11.2. The van der Waals surface area contributed by atoms with Gasteiger partial charge in [-0.05, 0) is 12.8 Å². The highest BCUT2D eigenvalue weighted by Gasteiger charge is 2.27. The number of carbonyl (C=O) groups is 2. The normalized spacial score (nSPS) is 13.6. The molecule has 50 heavy (non-hydrogen) atoms. The van der Waals surface area contributed by atoms with Gasteiger partial charge in [0.1, 0.15) is 19.8 Å². The summed E-state index contributed by atoms with van der Waals surface area (Å²) in [5, 5.41) is 0. The van der Waals surface area contributed by atoms with Gasteiger partial charge in [0.25, 0.3) is 0 Å². The average molecular weight is 739 g/mol. The molecular formula is C40H81NO8P+. The molecule has 0 aliphatic heterocycles. The van der Waals surface area contributed by atoms with E-state index in [0.29, 0.717) is 17.4 Å². The van der Waals surface area contributed by atoms with Crippen molar-refractivity contribution in [2.24, 2.45) is 0 Å². The first-order valence-corrected chi connectivity index (χ1v) is 22.3. The van der Waals surface area contributed by atoms with Gasteiger partial charge in [-0.1, -0.05) is 168 Å². The summed E-state index contributed by atoms with van der Waals surface area (Å²) >= 11 is 0. The fourth-order valence-electron chi connectivity index (χ4n) is 5.84. The molecule has 0 saturated carbocycles. The fraction of sp³-hybridized carbons (Fsp3) is 0.950. The third-order valence-corrected chi connectivity index (χ3v) is 10.1. The highest BCUT2D eigenvalue weighted by molar-refractivity contribution is 7.47. The summed E-state index contributed by atoms with van der Waals surface area (Å²) in [6.45, 7) is 4.44. The Bertz CT molecular complexity index is 835. The molecule has 0 aromatic carbocycles. The Morgan fingerprint density at radius 2 is 0.900 bits per heavy atom. The molecule has 298 valence electrons. The number of quaternary nitrogens is 1. The van der Waals surface area contributed by atoms with Crippen LogP contribution in [-0.4, -0.2) is 74.9 Å². The van der Waals surface area contributed by atoms with Crippen molar-refractivity contribution in [2.75, 3.05) is 47.5 Å². The Morgan fingerprint density at radius 3 is 1.28 bits per heavy atom. The van der Waals surface area contributed by atoms with E-state index >= 15 is 0 Å². The van der Waals surface area contributed by atoms with Crippen LogP contribution in [-0.2, 0) is 32.7 Å². The molecule has 2 atom stereocenters. The summed E-state index contributed by atoms with van der Waals surface area (Å²) in [6, 6.07) is 0. The van der Waals surface area contributed by atoms with Crippen LogP contribution in [0.15, 0.2) is 0 Å². The van der Waals surface area contributed by atoms with E-state index in [-0.39, 0.29) is 25.6 Å². The molecule has 0 radical (unpaired) electrons. The Hall–Kier alpha value is -0.990. The van der Waals surface area contributed by atoms with Crippen molar-refractivity contribution in [3.8, 4) is 0 Å². The van der Waals surface area contributed by atoms with Crippen molar-refractivity contribution >= 4 is 19.8 Å². The highest BCUT2D eigenvalue weighted by Crippen LogP contribution is 2.43. The van der Waals surface area contributed by atoms with E-state index in [9.17, 15) is 19.0 Å². The molecule has 0 bridgehead atoms. The predicted molar refractivity (Wildman–Crippen MR) is 206 cm³/mol. The number of rotatable bonds is 38. The standard InChI is InChI=1S/C40H80NO8P/c1-6-8-10-12-14-16-18-20-22-24-26-28-30-32-39(42)46-36-38(37-48-50(44,45)47-35-34-41(3,4)5)49-40(43)33-31-29-27-25-23-21-19-17-15-13-11-9-7-2/h38H,6-37H2,1-5H3/p+1/t38-/m1/s1/i39+2,40+2. The molecule has 9 nitrogen and oxygen atoms in total. The van der Waals surface area contributed by atoms with Crippen molar-refractivity contribution in [1.82, 2.24) is 0 Å². The summed E-state index contributed by atoms with van der Waals surface area (Å²) in [6.07, 6.45) is 31.4. The van der Waals surface area contributed by atoms with E-state index in [4.69, 9.17) is 18.5 Å². The second-order valence-corrected chi connectivity index (χ2v) is 16.8. The number of hydrogen-bond acceptors (Lipinski definition) is 7. The number of phosphoric ester groups is 1. The molecule has 0 amide bonds. The first-order valence-electron chi connectivity index (χ1n) is 20.8. The van der Waals surface area contributed by atoms with Gasteiger partial charge in [-0.2, -0.15) is 0 Å². The maximum Gasteiger partial charge on any atom is 0.472 e. The minimum atomic E-state index is -4.36. The van der Waals surface area contributed by atoms with Gasteiger partial charge in [0.05, 0.1) is 27.7 Å². The number of carbonyl (C=O) groups excluding carboxylic acids is 2. The topological polar surface area (TPSA) is 108 Å². The second-order valence-electron chi connectivity index (χ2n) is 15.4. The molecule has 0 aliphatic rings. The SMILES string of the molecule is CCCCCCCCCCCCCCC[14C](=O)OC[C@H](COP(=O)(O)OCC[N+](C)(C)C)O[14C](=O)CCCCCCCCCCCCCCC. The Morgan fingerprint density at radius 1 is 0.540 bits per heavy atom. The number of nitrogens with zero attached hydrogens (tertiary/aromatic N) is 1. The average Bonchev–Trinajstić information content (AvgIpc) is 3.06. The number of ether oxygens (including phenoxy) is 2. The summed E-state index contributed by atoms with van der Waals surface area (Å²) in [4.78, 5) is 35.2. The van der Waals surface area contributed by atoms with Gasteiger partial charge < -0.3 is 18.9 Å². The Kier molecular flexibility index (Phi) is 33.2. The van der Waals surface area contributed by atoms with Crippen molar-refractivity contribution in [3.05, 3.63) is 0 Å². The van der Waals surface area contributed by atoms with Gasteiger partial charge >= 0.3 is 19.8 Å². The lowest BCUT2D eigenvalue weighted by Crippen LogP contribution is -2.37. The third kappa shape index (κ3) is 36.8. The third-order valence-electron chi connectivity index (χ3n) is 9.14. The van der Waals surface area contributed by atoms with Crippen LogP contribution in [0.2, 0.25) is 0 Å². The molecule has 0 saturated heterocycles. The number of hydrogen-bond donors (Lipinski definition) is 1. The van der Waals surface area contributed by atoms with Crippen LogP contribution in [0.1, 0.15) is 194 Å². The first-order chi connectivity index (χ1) is 24.0. The number of phosphoric acid groups is 1. The van der Waals surface area contributed by atoms with Crippen molar-refractivity contribution in [3.63, 3.8) is 0 Å². The molecule has 0 rings (SSSR count). The molecule has 0 heterocycles. The van der Waals surface area contributed by atoms with Crippen LogP contribution in [0.4, 0.5) is 0 Å². The zero-order chi connectivity index (χ0) is 37.2. The minimum absolute atomic E-state index is 0.0366. The van der Waals surface area contributed by atoms with Crippen LogP contribution in [0.25, 0.3) is 0 Å².